The average molecular weight is 313 g/mol. The van der Waals surface area contributed by atoms with Gasteiger partial charge in [-0.05, 0) is 28.8 Å². The van der Waals surface area contributed by atoms with Gasteiger partial charge in [0.2, 0.25) is 0 Å². The Kier molecular flexibility index (Phi) is 5.44. The van der Waals surface area contributed by atoms with Gasteiger partial charge in [-0.3, -0.25) is 4.79 Å². The first-order valence-electron chi connectivity index (χ1n) is 6.76. The normalized spacial score (nSPS) is 11.2. The lowest BCUT2D eigenvalue weighted by atomic mass is 10.1. The van der Waals surface area contributed by atoms with Crippen molar-refractivity contribution >= 4 is 5.97 Å². The Morgan fingerprint density at radius 1 is 1.26 bits per heavy atom. The van der Waals surface area contributed by atoms with Crippen molar-refractivity contribution in [3.8, 4) is 11.5 Å². The zero-order chi connectivity index (χ0) is 16.7. The van der Waals surface area contributed by atoms with E-state index in [-0.39, 0.29) is 5.56 Å². The van der Waals surface area contributed by atoms with Crippen LogP contribution < -0.4 is 9.47 Å². The molecule has 0 fully saturated rings. The van der Waals surface area contributed by atoms with Crippen molar-refractivity contribution in [3.05, 3.63) is 70.1 Å². The van der Waals surface area contributed by atoms with Gasteiger partial charge >= 0.3 is 5.97 Å². The third-order valence-corrected chi connectivity index (χ3v) is 3.10. The molecule has 118 valence electrons. The predicted molar refractivity (Wildman–Crippen MR) is 83.3 cm³/mol. The van der Waals surface area contributed by atoms with Gasteiger partial charge < -0.3 is 14.6 Å². The van der Waals surface area contributed by atoms with Gasteiger partial charge in [-0.2, -0.15) is 0 Å². The molecule has 0 heterocycles. The summed E-state index contributed by atoms with van der Waals surface area (Å²) in [7, 11) is 1.46. The number of hydrogen-bond acceptors (Lipinski definition) is 4. The van der Waals surface area contributed by atoms with E-state index in [1.165, 1.54) is 19.2 Å². The smallest absolute Gasteiger partial charge is 0.316 e. The molecule has 2 aromatic rings. The Labute approximate surface area is 132 Å². The van der Waals surface area contributed by atoms with Crippen molar-refractivity contribution < 1.29 is 19.4 Å². The molecule has 7 nitrogen and oxygen atoms in total. The van der Waals surface area contributed by atoms with E-state index in [2.05, 4.69) is 10.0 Å². The summed E-state index contributed by atoms with van der Waals surface area (Å²) in [6.45, 7) is 0.326. The summed E-state index contributed by atoms with van der Waals surface area (Å²) in [4.78, 5) is 13.8. The summed E-state index contributed by atoms with van der Waals surface area (Å²) in [6.07, 6.45) is 0. The standard InChI is InChI=1S/C16H15N3O4/c1-22-13-7-12(15(16(20)21)18-19-17)8-14(9-13)23-10-11-5-3-2-4-6-11/h2-9,15H,10H2,1H3,(H,20,21)/t15-/m0/s1. The molecule has 0 amide bonds. The highest BCUT2D eigenvalue weighted by Gasteiger charge is 2.20. The fourth-order valence-corrected chi connectivity index (χ4v) is 2.00. The highest BCUT2D eigenvalue weighted by molar-refractivity contribution is 5.76. The molecule has 0 aliphatic carbocycles. The zero-order valence-electron chi connectivity index (χ0n) is 12.4. The third kappa shape index (κ3) is 4.39. The van der Waals surface area contributed by atoms with Crippen LogP contribution >= 0.6 is 0 Å². The quantitative estimate of drug-likeness (QED) is 0.478. The number of ether oxygens (including phenoxy) is 2. The van der Waals surface area contributed by atoms with E-state index >= 15 is 0 Å². The lowest BCUT2D eigenvalue weighted by molar-refractivity contribution is -0.138. The first-order chi connectivity index (χ1) is 11.1. The number of rotatable bonds is 7. The molecule has 2 rings (SSSR count). The van der Waals surface area contributed by atoms with Gasteiger partial charge in [0.1, 0.15) is 18.1 Å². The predicted octanol–water partition coefficient (Wildman–Crippen LogP) is 3.71. The minimum atomic E-state index is -1.34. The minimum Gasteiger partial charge on any atom is -0.497 e. The van der Waals surface area contributed by atoms with Gasteiger partial charge in [-0.15, -0.1) is 0 Å². The number of hydrogen-bond donors (Lipinski definition) is 1. The lowest BCUT2D eigenvalue weighted by Gasteiger charge is -2.13. The highest BCUT2D eigenvalue weighted by Crippen LogP contribution is 2.29. The van der Waals surface area contributed by atoms with Crippen molar-refractivity contribution in [2.75, 3.05) is 7.11 Å². The molecule has 0 aliphatic heterocycles. The zero-order valence-corrected chi connectivity index (χ0v) is 12.4. The maximum absolute atomic E-state index is 11.2. The Morgan fingerprint density at radius 3 is 2.57 bits per heavy atom. The van der Waals surface area contributed by atoms with E-state index in [0.717, 1.165) is 5.56 Å². The van der Waals surface area contributed by atoms with E-state index in [1.807, 2.05) is 30.3 Å². The number of aliphatic carboxylic acids is 1. The van der Waals surface area contributed by atoms with E-state index in [9.17, 15) is 9.90 Å². The maximum atomic E-state index is 11.2. The number of carbonyl (C=O) groups is 1. The largest absolute Gasteiger partial charge is 0.497 e. The van der Waals surface area contributed by atoms with Crippen LogP contribution in [-0.4, -0.2) is 18.2 Å². The average Bonchev–Trinajstić information content (AvgIpc) is 2.58. The van der Waals surface area contributed by atoms with E-state index in [0.29, 0.717) is 18.1 Å². The molecule has 0 aliphatic rings. The van der Waals surface area contributed by atoms with Crippen molar-refractivity contribution in [2.24, 2.45) is 5.11 Å². The van der Waals surface area contributed by atoms with E-state index in [1.54, 1.807) is 6.07 Å². The molecule has 0 saturated heterocycles. The summed E-state index contributed by atoms with van der Waals surface area (Å²) < 4.78 is 10.8. The van der Waals surface area contributed by atoms with Crippen LogP contribution in [0.1, 0.15) is 17.2 Å². The monoisotopic (exact) mass is 313 g/mol. The van der Waals surface area contributed by atoms with E-state index in [4.69, 9.17) is 15.0 Å². The molecular formula is C16H15N3O4. The molecule has 2 aromatic carbocycles. The summed E-state index contributed by atoms with van der Waals surface area (Å²) in [5.74, 6) is -0.391. The minimum absolute atomic E-state index is 0.290. The number of nitrogens with zero attached hydrogens (tertiary/aromatic N) is 3. The SMILES string of the molecule is COc1cc(OCc2ccccc2)cc([C@H](N=[N+]=[N-])C(=O)O)c1. The second-order valence-electron chi connectivity index (χ2n) is 4.66. The first-order valence-corrected chi connectivity index (χ1v) is 6.76. The molecule has 0 unspecified atom stereocenters. The Morgan fingerprint density at radius 2 is 1.96 bits per heavy atom. The molecule has 23 heavy (non-hydrogen) atoms. The maximum Gasteiger partial charge on any atom is 0.316 e. The van der Waals surface area contributed by atoms with Crippen LogP contribution in [0.25, 0.3) is 10.4 Å². The van der Waals surface area contributed by atoms with E-state index < -0.39 is 12.0 Å². The number of carboxylic acid groups (broad SMARTS) is 1. The van der Waals surface area contributed by atoms with Gasteiger partial charge in [-0.25, -0.2) is 0 Å². The van der Waals surface area contributed by atoms with Crippen LogP contribution in [0.5, 0.6) is 11.5 Å². The molecule has 0 aromatic heterocycles. The van der Waals surface area contributed by atoms with Crippen molar-refractivity contribution in [2.45, 2.75) is 12.6 Å². The lowest BCUT2D eigenvalue weighted by Crippen LogP contribution is -2.09. The Bertz CT molecular complexity index is 725. The van der Waals surface area contributed by atoms with Crippen LogP contribution in [0, 0.1) is 0 Å². The molecular weight excluding hydrogens is 298 g/mol. The molecule has 1 atom stereocenters. The Balaban J connectivity index is 2.27. The van der Waals surface area contributed by atoms with Gasteiger partial charge in [0, 0.05) is 11.0 Å². The summed E-state index contributed by atoms with van der Waals surface area (Å²) >= 11 is 0. The van der Waals surface area contributed by atoms with Crippen LogP contribution in [-0.2, 0) is 11.4 Å². The molecule has 0 bridgehead atoms. The van der Waals surface area contributed by atoms with Crippen LogP contribution in [0.15, 0.2) is 53.6 Å². The van der Waals surface area contributed by atoms with Crippen LogP contribution in [0.4, 0.5) is 0 Å². The number of benzene rings is 2. The summed E-state index contributed by atoms with van der Waals surface area (Å²) in [5.41, 5.74) is 9.79. The summed E-state index contributed by atoms with van der Waals surface area (Å²) in [5, 5.41) is 12.5. The van der Waals surface area contributed by atoms with Gasteiger partial charge in [0.15, 0.2) is 6.04 Å². The first kappa shape index (κ1) is 16.2. The fraction of sp³-hybridized carbons (Fsp3) is 0.188. The topological polar surface area (TPSA) is 105 Å². The summed E-state index contributed by atoms with van der Waals surface area (Å²) in [6, 6.07) is 12.9. The van der Waals surface area contributed by atoms with Crippen LogP contribution in [0.3, 0.4) is 0 Å². The molecule has 0 saturated carbocycles. The fourth-order valence-electron chi connectivity index (χ4n) is 2.00. The number of methoxy groups -OCH3 is 1. The highest BCUT2D eigenvalue weighted by atomic mass is 16.5. The van der Waals surface area contributed by atoms with Crippen molar-refractivity contribution in [1.82, 2.24) is 0 Å². The molecule has 0 radical (unpaired) electrons. The molecule has 0 spiro atoms. The number of carboxylic acids is 1. The van der Waals surface area contributed by atoms with Gasteiger partial charge in [0.05, 0.1) is 7.11 Å². The van der Waals surface area contributed by atoms with Gasteiger partial charge in [-0.1, -0.05) is 35.4 Å². The van der Waals surface area contributed by atoms with Crippen molar-refractivity contribution in [3.63, 3.8) is 0 Å². The third-order valence-electron chi connectivity index (χ3n) is 3.10. The van der Waals surface area contributed by atoms with Crippen molar-refractivity contribution in [1.29, 1.82) is 0 Å². The van der Waals surface area contributed by atoms with Gasteiger partial charge in [0.25, 0.3) is 0 Å². The molecule has 1 N–H and O–H groups in total. The Hall–Kier alpha value is -3.18. The molecule has 7 heteroatoms. The number of azide groups is 1. The second kappa shape index (κ2) is 7.72. The van der Waals surface area contributed by atoms with Crippen LogP contribution in [0.2, 0.25) is 0 Å². The second-order valence-corrected chi connectivity index (χ2v) is 4.66.